The minimum absolute atomic E-state index is 0.0463. The molecule has 2 heteroatoms. The van der Waals surface area contributed by atoms with Gasteiger partial charge in [0.2, 0.25) is 0 Å². The van der Waals surface area contributed by atoms with Gasteiger partial charge in [0.15, 0.2) is 5.90 Å². The number of rotatable bonds is 0. The third-order valence-electron chi connectivity index (χ3n) is 0.947. The molecule has 0 spiro atoms. The van der Waals surface area contributed by atoms with E-state index in [2.05, 4.69) is 25.8 Å². The van der Waals surface area contributed by atoms with Gasteiger partial charge in [0.1, 0.15) is 5.60 Å². The molecule has 0 saturated carbocycles. The van der Waals surface area contributed by atoms with Gasteiger partial charge in [-0.05, 0) is 41.5 Å². The van der Waals surface area contributed by atoms with Gasteiger partial charge in [0, 0.05) is 6.92 Å². The molecule has 0 aromatic rings. The van der Waals surface area contributed by atoms with Gasteiger partial charge in [0.25, 0.3) is 0 Å². The Labute approximate surface area is 76.0 Å². The molecule has 0 atom stereocenters. The molecule has 0 amide bonds. The second kappa shape index (κ2) is 3.46. The smallest absolute Gasteiger partial charge is 0.181 e. The zero-order valence-corrected chi connectivity index (χ0v) is 9.36. The third kappa shape index (κ3) is 7.58. The lowest BCUT2D eigenvalue weighted by Crippen LogP contribution is -2.24. The van der Waals surface area contributed by atoms with Crippen molar-refractivity contribution < 1.29 is 4.74 Å². The van der Waals surface area contributed by atoms with E-state index in [9.17, 15) is 0 Å². The van der Waals surface area contributed by atoms with E-state index in [-0.39, 0.29) is 11.1 Å². The molecule has 0 heterocycles. The molecule has 0 aliphatic heterocycles. The summed E-state index contributed by atoms with van der Waals surface area (Å²) in [5.74, 6) is 0.759. The maximum Gasteiger partial charge on any atom is 0.181 e. The van der Waals surface area contributed by atoms with Crippen molar-refractivity contribution in [2.24, 2.45) is 4.99 Å². The Hall–Kier alpha value is -0.530. The third-order valence-corrected chi connectivity index (χ3v) is 0.947. The van der Waals surface area contributed by atoms with Crippen molar-refractivity contribution in [2.45, 2.75) is 59.6 Å². The lowest BCUT2D eigenvalue weighted by atomic mass is 10.1. The molecule has 0 rings (SSSR count). The van der Waals surface area contributed by atoms with Gasteiger partial charge >= 0.3 is 0 Å². The van der Waals surface area contributed by atoms with Gasteiger partial charge in [-0.2, -0.15) is 0 Å². The van der Waals surface area contributed by atoms with Crippen molar-refractivity contribution >= 4 is 5.90 Å². The van der Waals surface area contributed by atoms with Crippen molar-refractivity contribution in [1.29, 1.82) is 0 Å². The molecular weight excluding hydrogens is 150 g/mol. The van der Waals surface area contributed by atoms with Crippen LogP contribution in [0, 0.1) is 0 Å². The van der Waals surface area contributed by atoms with Crippen LogP contribution in [0.2, 0.25) is 0 Å². The van der Waals surface area contributed by atoms with Crippen molar-refractivity contribution in [1.82, 2.24) is 0 Å². The zero-order chi connectivity index (χ0) is 9.99. The fraction of sp³-hybridized carbons (Fsp3) is 0.900. The van der Waals surface area contributed by atoms with E-state index in [4.69, 9.17) is 4.74 Å². The van der Waals surface area contributed by atoms with Crippen LogP contribution < -0.4 is 0 Å². The fourth-order valence-corrected chi connectivity index (χ4v) is 0.938. The van der Waals surface area contributed by atoms with Crippen LogP contribution >= 0.6 is 0 Å². The molecule has 2 nitrogen and oxygen atoms in total. The largest absolute Gasteiger partial charge is 0.476 e. The van der Waals surface area contributed by atoms with Crippen molar-refractivity contribution in [2.75, 3.05) is 0 Å². The summed E-state index contributed by atoms with van der Waals surface area (Å²) in [5.41, 5.74) is -0.186. The minimum Gasteiger partial charge on any atom is -0.476 e. The van der Waals surface area contributed by atoms with Crippen LogP contribution in [0.3, 0.4) is 0 Å². The molecule has 0 bridgehead atoms. The number of hydrogen-bond donors (Lipinski definition) is 0. The number of ether oxygens (including phenoxy) is 1. The molecular formula is C10H21NO. The quantitative estimate of drug-likeness (QED) is 0.405. The molecule has 0 aromatic heterocycles. The molecule has 0 radical (unpaired) electrons. The number of nitrogens with zero attached hydrogens (tertiary/aromatic N) is 1. The van der Waals surface area contributed by atoms with Crippen LogP contribution in [0.25, 0.3) is 0 Å². The predicted octanol–water partition coefficient (Wildman–Crippen LogP) is 3.02. The van der Waals surface area contributed by atoms with Gasteiger partial charge in [-0.3, -0.25) is 4.99 Å². The SMILES string of the molecule is C/C(=N/C(C)(C)C)OC(C)(C)C. The van der Waals surface area contributed by atoms with E-state index in [1.807, 2.05) is 27.7 Å². The normalized spacial score (nSPS) is 14.8. The standard InChI is InChI=1S/C10H21NO/c1-8(11-9(2,3)4)12-10(5,6)7/h1-7H3/b11-8-. The minimum atomic E-state index is -0.140. The Morgan fingerprint density at radius 3 is 1.67 bits per heavy atom. The maximum atomic E-state index is 5.56. The molecule has 0 aromatic carbocycles. The van der Waals surface area contributed by atoms with Gasteiger partial charge < -0.3 is 4.74 Å². The Kier molecular flexibility index (Phi) is 3.31. The Morgan fingerprint density at radius 2 is 1.42 bits per heavy atom. The average Bonchev–Trinajstić information content (AvgIpc) is 1.49. The first-order chi connectivity index (χ1) is 5.10. The van der Waals surface area contributed by atoms with Crippen LogP contribution in [0.4, 0.5) is 0 Å². The first-order valence-corrected chi connectivity index (χ1v) is 4.36. The van der Waals surface area contributed by atoms with Crippen LogP contribution in [0.15, 0.2) is 4.99 Å². The van der Waals surface area contributed by atoms with E-state index in [0.717, 1.165) is 5.90 Å². The summed E-state index contributed by atoms with van der Waals surface area (Å²) in [6.07, 6.45) is 0. The van der Waals surface area contributed by atoms with Crippen molar-refractivity contribution in [3.8, 4) is 0 Å². The van der Waals surface area contributed by atoms with Crippen molar-refractivity contribution in [3.05, 3.63) is 0 Å². The summed E-state index contributed by atoms with van der Waals surface area (Å²) < 4.78 is 5.56. The van der Waals surface area contributed by atoms with E-state index in [1.54, 1.807) is 0 Å². The second-order valence-corrected chi connectivity index (χ2v) is 5.02. The Balaban J connectivity index is 4.23. The fourth-order valence-electron chi connectivity index (χ4n) is 0.938. The summed E-state index contributed by atoms with van der Waals surface area (Å²) in [4.78, 5) is 4.39. The van der Waals surface area contributed by atoms with E-state index >= 15 is 0 Å². The molecule has 72 valence electrons. The van der Waals surface area contributed by atoms with Crippen LogP contribution in [-0.4, -0.2) is 17.0 Å². The van der Waals surface area contributed by atoms with E-state index < -0.39 is 0 Å². The second-order valence-electron chi connectivity index (χ2n) is 5.02. The molecule has 0 fully saturated rings. The summed E-state index contributed by atoms with van der Waals surface area (Å²) in [6.45, 7) is 14.1. The van der Waals surface area contributed by atoms with Gasteiger partial charge in [0.05, 0.1) is 5.54 Å². The van der Waals surface area contributed by atoms with Gasteiger partial charge in [-0.1, -0.05) is 0 Å². The Bertz CT molecular complexity index is 169. The van der Waals surface area contributed by atoms with Gasteiger partial charge in [-0.25, -0.2) is 0 Å². The van der Waals surface area contributed by atoms with Gasteiger partial charge in [-0.15, -0.1) is 0 Å². The lowest BCUT2D eigenvalue weighted by Gasteiger charge is -2.23. The van der Waals surface area contributed by atoms with Crippen molar-refractivity contribution in [3.63, 3.8) is 0 Å². The van der Waals surface area contributed by atoms with Crippen LogP contribution in [0.5, 0.6) is 0 Å². The average molecular weight is 171 g/mol. The van der Waals surface area contributed by atoms with E-state index in [1.165, 1.54) is 0 Å². The molecule has 12 heavy (non-hydrogen) atoms. The predicted molar refractivity (Wildman–Crippen MR) is 53.7 cm³/mol. The van der Waals surface area contributed by atoms with Crippen LogP contribution in [-0.2, 0) is 4.74 Å². The van der Waals surface area contributed by atoms with Crippen LogP contribution in [0.1, 0.15) is 48.5 Å². The first-order valence-electron chi connectivity index (χ1n) is 4.36. The molecule has 0 N–H and O–H groups in total. The highest BCUT2D eigenvalue weighted by molar-refractivity contribution is 5.74. The zero-order valence-electron chi connectivity index (χ0n) is 9.36. The lowest BCUT2D eigenvalue weighted by molar-refractivity contribution is 0.113. The first kappa shape index (κ1) is 11.5. The maximum absolute atomic E-state index is 5.56. The highest BCUT2D eigenvalue weighted by Gasteiger charge is 2.14. The highest BCUT2D eigenvalue weighted by Crippen LogP contribution is 2.12. The summed E-state index contributed by atoms with van der Waals surface area (Å²) in [5, 5.41) is 0. The summed E-state index contributed by atoms with van der Waals surface area (Å²) in [6, 6.07) is 0. The molecule has 0 unspecified atom stereocenters. The Morgan fingerprint density at radius 1 is 1.00 bits per heavy atom. The molecule has 0 saturated heterocycles. The topological polar surface area (TPSA) is 21.6 Å². The highest BCUT2D eigenvalue weighted by atomic mass is 16.5. The number of hydrogen-bond acceptors (Lipinski definition) is 2. The summed E-state index contributed by atoms with van der Waals surface area (Å²) >= 11 is 0. The van der Waals surface area contributed by atoms with E-state index in [0.29, 0.717) is 0 Å². The summed E-state index contributed by atoms with van der Waals surface area (Å²) in [7, 11) is 0. The molecule has 0 aliphatic carbocycles. The molecule has 0 aliphatic rings. The number of aliphatic imine (C=N–C) groups is 1. The monoisotopic (exact) mass is 171 g/mol.